The van der Waals surface area contributed by atoms with Gasteiger partial charge in [-0.05, 0) is 31.4 Å². The van der Waals surface area contributed by atoms with E-state index in [0.717, 1.165) is 36.9 Å². The molecule has 0 aromatic carbocycles. The minimum Gasteiger partial charge on any atom is -0.296 e. The van der Waals surface area contributed by atoms with Crippen molar-refractivity contribution in [2.45, 2.75) is 52.6 Å². The Bertz CT molecular complexity index is 402. The van der Waals surface area contributed by atoms with Gasteiger partial charge in [-0.1, -0.05) is 13.8 Å². The first-order valence-corrected chi connectivity index (χ1v) is 6.88. The van der Waals surface area contributed by atoms with Crippen LogP contribution in [0, 0.1) is 6.92 Å². The third kappa shape index (κ3) is 2.78. The van der Waals surface area contributed by atoms with E-state index < -0.39 is 0 Å². The first-order chi connectivity index (χ1) is 8.24. The summed E-state index contributed by atoms with van der Waals surface area (Å²) in [6, 6.07) is 0.827. The maximum absolute atomic E-state index is 5.86. The normalized spacial score (nSPS) is 19.3. The molecule has 0 saturated heterocycles. The fourth-order valence-corrected chi connectivity index (χ4v) is 2.54. The molecule has 0 N–H and O–H groups in total. The van der Waals surface area contributed by atoms with Crippen molar-refractivity contribution in [3.8, 4) is 0 Å². The fraction of sp³-hybridized carbons (Fsp3) is 0.692. The average molecular weight is 254 g/mol. The number of hydrogen-bond acceptors (Lipinski definition) is 3. The highest BCUT2D eigenvalue weighted by Crippen LogP contribution is 2.31. The third-order valence-corrected chi connectivity index (χ3v) is 3.50. The zero-order chi connectivity index (χ0) is 12.4. The van der Waals surface area contributed by atoms with Gasteiger partial charge in [-0.2, -0.15) is 0 Å². The molecule has 1 aromatic rings. The van der Waals surface area contributed by atoms with E-state index in [0.29, 0.717) is 5.28 Å². The van der Waals surface area contributed by atoms with Gasteiger partial charge in [0.1, 0.15) is 0 Å². The molecule has 3 nitrogen and oxygen atoms in total. The number of fused-ring (bicyclic) bond motifs is 1. The largest absolute Gasteiger partial charge is 0.296 e. The highest BCUT2D eigenvalue weighted by atomic mass is 35.5. The van der Waals surface area contributed by atoms with Gasteiger partial charge in [-0.25, -0.2) is 9.97 Å². The van der Waals surface area contributed by atoms with Crippen LogP contribution < -0.4 is 0 Å². The summed E-state index contributed by atoms with van der Waals surface area (Å²) in [4.78, 5) is 11.1. The Balaban J connectivity index is 0.000000514. The molecule has 3 rings (SSSR count). The smallest absolute Gasteiger partial charge is 0.222 e. The number of halogens is 1. The van der Waals surface area contributed by atoms with Gasteiger partial charge in [0.05, 0.1) is 5.69 Å². The predicted octanol–water partition coefficient (Wildman–Crippen LogP) is 2.99. The molecule has 4 heteroatoms. The Hall–Kier alpha value is -0.670. The first kappa shape index (κ1) is 12.8. The topological polar surface area (TPSA) is 29.0 Å². The van der Waals surface area contributed by atoms with Crippen molar-refractivity contribution in [1.82, 2.24) is 14.9 Å². The van der Waals surface area contributed by atoms with E-state index in [9.17, 15) is 0 Å². The minimum atomic E-state index is 0.395. The van der Waals surface area contributed by atoms with Crippen LogP contribution in [0.2, 0.25) is 5.28 Å². The molecular weight excluding hydrogens is 234 g/mol. The Morgan fingerprint density at radius 3 is 2.59 bits per heavy atom. The van der Waals surface area contributed by atoms with Crippen LogP contribution in [0.15, 0.2) is 0 Å². The maximum atomic E-state index is 5.86. The molecule has 1 aliphatic carbocycles. The number of aryl methyl sites for hydroxylation is 1. The summed E-state index contributed by atoms with van der Waals surface area (Å²) < 4.78 is 0. The molecule has 0 atom stereocenters. The van der Waals surface area contributed by atoms with Crippen molar-refractivity contribution in [2.24, 2.45) is 0 Å². The second-order valence-corrected chi connectivity index (χ2v) is 4.79. The molecule has 0 radical (unpaired) electrons. The Morgan fingerprint density at radius 2 is 1.94 bits per heavy atom. The van der Waals surface area contributed by atoms with E-state index in [2.05, 4.69) is 14.9 Å². The van der Waals surface area contributed by atoms with Crippen LogP contribution in [0.25, 0.3) is 0 Å². The van der Waals surface area contributed by atoms with Crippen LogP contribution in [0.3, 0.4) is 0 Å². The lowest BCUT2D eigenvalue weighted by atomic mass is 10.0. The molecule has 1 saturated carbocycles. The van der Waals surface area contributed by atoms with Crippen LogP contribution in [0.5, 0.6) is 0 Å². The van der Waals surface area contributed by atoms with Gasteiger partial charge >= 0.3 is 0 Å². The molecule has 1 fully saturated rings. The summed E-state index contributed by atoms with van der Waals surface area (Å²) in [6.07, 6.45) is 3.75. The lowest BCUT2D eigenvalue weighted by Gasteiger charge is -2.28. The Kier molecular flexibility index (Phi) is 4.00. The fourth-order valence-electron chi connectivity index (χ4n) is 2.31. The highest BCUT2D eigenvalue weighted by Gasteiger charge is 2.32. The molecule has 94 valence electrons. The quantitative estimate of drug-likeness (QED) is 0.721. The van der Waals surface area contributed by atoms with Crippen molar-refractivity contribution in [2.75, 3.05) is 6.54 Å². The van der Waals surface area contributed by atoms with E-state index in [-0.39, 0.29) is 0 Å². The van der Waals surface area contributed by atoms with Crippen LogP contribution in [-0.4, -0.2) is 27.5 Å². The van der Waals surface area contributed by atoms with Crippen LogP contribution in [0.1, 0.15) is 43.6 Å². The Labute approximate surface area is 108 Å². The molecule has 0 bridgehead atoms. The minimum absolute atomic E-state index is 0.395. The Morgan fingerprint density at radius 1 is 1.24 bits per heavy atom. The highest BCUT2D eigenvalue weighted by molar-refractivity contribution is 6.28. The standard InChI is InChI=1S/C11H14ClN3.C2H6/c1-7-9-6-15(8-2-3-8)5-4-10(9)14-11(12)13-7;1-2/h8H,2-6H2,1H3;1-2H3. The molecule has 0 spiro atoms. The van der Waals surface area contributed by atoms with E-state index in [1.807, 2.05) is 20.8 Å². The van der Waals surface area contributed by atoms with E-state index >= 15 is 0 Å². The monoisotopic (exact) mass is 253 g/mol. The van der Waals surface area contributed by atoms with Crippen molar-refractivity contribution in [1.29, 1.82) is 0 Å². The predicted molar refractivity (Wildman–Crippen MR) is 70.3 cm³/mol. The number of rotatable bonds is 1. The van der Waals surface area contributed by atoms with E-state index in [1.165, 1.54) is 18.4 Å². The SMILES string of the molecule is CC.Cc1nc(Cl)nc2c1CN(C1CC1)CC2. The van der Waals surface area contributed by atoms with Crippen molar-refractivity contribution >= 4 is 11.6 Å². The van der Waals surface area contributed by atoms with Gasteiger partial charge in [0.25, 0.3) is 0 Å². The third-order valence-electron chi connectivity index (χ3n) is 3.33. The van der Waals surface area contributed by atoms with Crippen molar-refractivity contribution < 1.29 is 0 Å². The van der Waals surface area contributed by atoms with Crippen molar-refractivity contribution in [3.63, 3.8) is 0 Å². The van der Waals surface area contributed by atoms with Gasteiger partial charge in [0, 0.05) is 36.8 Å². The summed E-state index contributed by atoms with van der Waals surface area (Å²) in [6.45, 7) is 8.18. The molecule has 2 heterocycles. The number of nitrogens with zero attached hydrogens (tertiary/aromatic N) is 3. The first-order valence-electron chi connectivity index (χ1n) is 6.50. The van der Waals surface area contributed by atoms with Gasteiger partial charge in [-0.3, -0.25) is 4.90 Å². The van der Waals surface area contributed by atoms with Crippen molar-refractivity contribution in [3.05, 3.63) is 22.2 Å². The van der Waals surface area contributed by atoms with Crippen LogP contribution in [-0.2, 0) is 13.0 Å². The molecule has 2 aliphatic rings. The van der Waals surface area contributed by atoms with Gasteiger partial charge in [0.15, 0.2) is 0 Å². The molecule has 0 amide bonds. The molecule has 1 aliphatic heterocycles. The number of hydrogen-bond donors (Lipinski definition) is 0. The molecule has 17 heavy (non-hydrogen) atoms. The molecular formula is C13H20ClN3. The number of aromatic nitrogens is 2. The second kappa shape index (κ2) is 5.32. The summed E-state index contributed by atoms with van der Waals surface area (Å²) >= 11 is 5.86. The zero-order valence-electron chi connectivity index (χ0n) is 10.8. The van der Waals surface area contributed by atoms with Gasteiger partial charge in [-0.15, -0.1) is 0 Å². The van der Waals surface area contributed by atoms with E-state index in [1.54, 1.807) is 0 Å². The summed E-state index contributed by atoms with van der Waals surface area (Å²) in [5.41, 5.74) is 3.51. The molecule has 0 unspecified atom stereocenters. The van der Waals surface area contributed by atoms with E-state index in [4.69, 9.17) is 11.6 Å². The maximum Gasteiger partial charge on any atom is 0.222 e. The average Bonchev–Trinajstić information content (AvgIpc) is 3.15. The lowest BCUT2D eigenvalue weighted by molar-refractivity contribution is 0.240. The zero-order valence-corrected chi connectivity index (χ0v) is 11.6. The van der Waals surface area contributed by atoms with Gasteiger partial charge in [0.2, 0.25) is 5.28 Å². The summed E-state index contributed by atoms with van der Waals surface area (Å²) in [5.74, 6) is 0. The van der Waals surface area contributed by atoms with Crippen LogP contribution in [0.4, 0.5) is 0 Å². The molecule has 1 aromatic heterocycles. The second-order valence-electron chi connectivity index (χ2n) is 4.45. The van der Waals surface area contributed by atoms with Gasteiger partial charge < -0.3 is 0 Å². The van der Waals surface area contributed by atoms with Crippen LogP contribution >= 0.6 is 11.6 Å². The lowest BCUT2D eigenvalue weighted by Crippen LogP contribution is -2.33. The summed E-state index contributed by atoms with van der Waals surface area (Å²) in [5, 5.41) is 0.395. The summed E-state index contributed by atoms with van der Waals surface area (Å²) in [7, 11) is 0.